The molecule has 3 aromatic rings. The lowest BCUT2D eigenvalue weighted by atomic mass is 10.3. The van der Waals surface area contributed by atoms with E-state index in [4.69, 9.17) is 4.74 Å². The van der Waals surface area contributed by atoms with Crippen LogP contribution in [0.3, 0.4) is 0 Å². The van der Waals surface area contributed by atoms with Crippen molar-refractivity contribution in [3.63, 3.8) is 0 Å². The number of aromatic nitrogens is 3. The molecule has 3 rings (SSSR count). The highest BCUT2D eigenvalue weighted by molar-refractivity contribution is 5.93. The lowest BCUT2D eigenvalue weighted by Gasteiger charge is -2.06. The minimum atomic E-state index is -0.672. The number of rotatable bonds is 3. The molecule has 0 atom stereocenters. The molecule has 9 nitrogen and oxygen atoms in total. The average Bonchev–Trinajstić information content (AvgIpc) is 2.99. The Morgan fingerprint density at radius 3 is 2.65 bits per heavy atom. The molecule has 0 unspecified atom stereocenters. The van der Waals surface area contributed by atoms with Gasteiger partial charge in [0.15, 0.2) is 5.65 Å². The van der Waals surface area contributed by atoms with E-state index in [0.717, 1.165) is 0 Å². The maximum absolute atomic E-state index is 12.2. The van der Waals surface area contributed by atoms with Crippen molar-refractivity contribution in [1.82, 2.24) is 14.5 Å². The maximum atomic E-state index is 12.2. The highest BCUT2D eigenvalue weighted by Crippen LogP contribution is 2.21. The lowest BCUT2D eigenvalue weighted by molar-refractivity contribution is -0.384. The van der Waals surface area contributed by atoms with Crippen LogP contribution in [-0.4, -0.2) is 32.6 Å². The van der Waals surface area contributed by atoms with Gasteiger partial charge in [0, 0.05) is 25.4 Å². The number of fused-ring (bicyclic) bond motifs is 1. The quantitative estimate of drug-likeness (QED) is 0.583. The van der Waals surface area contributed by atoms with Crippen LogP contribution in [0.4, 0.5) is 16.3 Å². The van der Waals surface area contributed by atoms with Crippen LogP contribution in [0.15, 0.2) is 42.9 Å². The van der Waals surface area contributed by atoms with Crippen molar-refractivity contribution in [1.29, 1.82) is 0 Å². The molecule has 0 saturated carbocycles. The third kappa shape index (κ3) is 2.67. The average molecular weight is 313 g/mol. The van der Waals surface area contributed by atoms with Gasteiger partial charge >= 0.3 is 6.09 Å². The molecule has 0 fully saturated rings. The lowest BCUT2D eigenvalue weighted by Crippen LogP contribution is -2.16. The predicted octanol–water partition coefficient (Wildman–Crippen LogP) is 2.43. The van der Waals surface area contributed by atoms with Crippen LogP contribution in [0, 0.1) is 10.1 Å². The Bertz CT molecular complexity index is 888. The molecule has 0 spiro atoms. The molecule has 23 heavy (non-hydrogen) atoms. The number of hydrogen-bond donors (Lipinski definition) is 1. The minimum Gasteiger partial charge on any atom is -0.410 e. The zero-order valence-corrected chi connectivity index (χ0v) is 12.0. The van der Waals surface area contributed by atoms with Crippen molar-refractivity contribution >= 4 is 28.6 Å². The van der Waals surface area contributed by atoms with E-state index in [1.165, 1.54) is 41.4 Å². The third-order valence-electron chi connectivity index (χ3n) is 3.17. The molecule has 0 radical (unpaired) electrons. The number of carbonyl (C=O) groups excluding carboxylic acids is 1. The summed E-state index contributed by atoms with van der Waals surface area (Å²) in [6, 6.07) is 6.93. The smallest absolute Gasteiger partial charge is 0.410 e. The van der Waals surface area contributed by atoms with Crippen molar-refractivity contribution in [2.75, 3.05) is 12.4 Å². The van der Waals surface area contributed by atoms with Crippen molar-refractivity contribution in [2.45, 2.75) is 0 Å². The standard InChI is InChI=1S/C14H11N5O4/c1-15-12-11-6-7-18(13(11)17-8-16-12)14(20)23-10-4-2-9(3-5-10)19(21)22/h2-8H,1H3,(H,15,16,17). The van der Waals surface area contributed by atoms with Gasteiger partial charge in [0.05, 0.1) is 10.3 Å². The first-order valence-electron chi connectivity index (χ1n) is 6.56. The van der Waals surface area contributed by atoms with Gasteiger partial charge in [-0.15, -0.1) is 0 Å². The fourth-order valence-electron chi connectivity index (χ4n) is 2.08. The number of ether oxygens (including phenoxy) is 1. The van der Waals surface area contributed by atoms with Gasteiger partial charge in [-0.1, -0.05) is 0 Å². The first-order valence-corrected chi connectivity index (χ1v) is 6.56. The summed E-state index contributed by atoms with van der Waals surface area (Å²) in [6.45, 7) is 0. The highest BCUT2D eigenvalue weighted by atomic mass is 16.6. The zero-order chi connectivity index (χ0) is 16.4. The monoisotopic (exact) mass is 313 g/mol. The predicted molar refractivity (Wildman–Crippen MR) is 81.6 cm³/mol. The Labute approximate surface area is 129 Å². The number of carbonyl (C=O) groups is 1. The second kappa shape index (κ2) is 5.72. The SMILES string of the molecule is CNc1ncnc2c1ccn2C(=O)Oc1ccc([N+](=O)[O-])cc1. The molecule has 0 saturated heterocycles. The Kier molecular flexibility index (Phi) is 3.59. The summed E-state index contributed by atoms with van der Waals surface area (Å²) < 4.78 is 6.43. The van der Waals surface area contributed by atoms with E-state index in [9.17, 15) is 14.9 Å². The number of nitro groups is 1. The van der Waals surface area contributed by atoms with Gasteiger partial charge < -0.3 is 10.1 Å². The number of anilines is 1. The van der Waals surface area contributed by atoms with Crippen LogP contribution in [-0.2, 0) is 0 Å². The van der Waals surface area contributed by atoms with Crippen LogP contribution in [0.25, 0.3) is 11.0 Å². The van der Waals surface area contributed by atoms with Gasteiger partial charge in [-0.3, -0.25) is 10.1 Å². The van der Waals surface area contributed by atoms with E-state index in [-0.39, 0.29) is 11.4 Å². The molecule has 0 amide bonds. The Morgan fingerprint density at radius 1 is 1.26 bits per heavy atom. The van der Waals surface area contributed by atoms with Gasteiger partial charge in [0.25, 0.3) is 5.69 Å². The third-order valence-corrected chi connectivity index (χ3v) is 3.17. The van der Waals surface area contributed by atoms with E-state index in [1.54, 1.807) is 13.1 Å². The molecular formula is C14H11N5O4. The van der Waals surface area contributed by atoms with Crippen molar-refractivity contribution in [2.24, 2.45) is 0 Å². The molecule has 1 aromatic carbocycles. The number of nitro benzene ring substituents is 1. The van der Waals surface area contributed by atoms with Gasteiger partial charge in [-0.25, -0.2) is 19.3 Å². The van der Waals surface area contributed by atoms with E-state index in [0.29, 0.717) is 16.9 Å². The first kappa shape index (κ1) is 14.4. The van der Waals surface area contributed by atoms with E-state index >= 15 is 0 Å². The molecule has 2 heterocycles. The summed E-state index contributed by atoms with van der Waals surface area (Å²) in [6.07, 6.45) is 2.19. The van der Waals surface area contributed by atoms with Crippen LogP contribution in [0.1, 0.15) is 0 Å². The number of hydrogen-bond acceptors (Lipinski definition) is 7. The van der Waals surface area contributed by atoms with Gasteiger partial charge in [0.2, 0.25) is 0 Å². The Balaban J connectivity index is 1.87. The topological polar surface area (TPSA) is 112 Å². The van der Waals surface area contributed by atoms with E-state index < -0.39 is 11.0 Å². The van der Waals surface area contributed by atoms with E-state index in [1.807, 2.05) is 0 Å². The summed E-state index contributed by atoms with van der Waals surface area (Å²) in [5, 5.41) is 14.2. The fourth-order valence-corrected chi connectivity index (χ4v) is 2.08. The molecule has 0 aliphatic carbocycles. The number of non-ortho nitro benzene ring substituents is 1. The Hall–Kier alpha value is -3.49. The summed E-state index contributed by atoms with van der Waals surface area (Å²) in [4.78, 5) is 30.4. The molecule has 0 aliphatic heterocycles. The van der Waals surface area contributed by atoms with Crippen molar-refractivity contribution < 1.29 is 14.5 Å². The maximum Gasteiger partial charge on any atom is 0.425 e. The summed E-state index contributed by atoms with van der Waals surface area (Å²) >= 11 is 0. The number of benzene rings is 1. The minimum absolute atomic E-state index is 0.0809. The van der Waals surface area contributed by atoms with Crippen LogP contribution in [0.2, 0.25) is 0 Å². The zero-order valence-electron chi connectivity index (χ0n) is 12.0. The van der Waals surface area contributed by atoms with Crippen molar-refractivity contribution in [3.8, 4) is 5.75 Å². The molecule has 9 heteroatoms. The summed E-state index contributed by atoms with van der Waals surface area (Å²) in [7, 11) is 1.72. The molecule has 0 bridgehead atoms. The van der Waals surface area contributed by atoms with Crippen LogP contribution < -0.4 is 10.1 Å². The van der Waals surface area contributed by atoms with E-state index in [2.05, 4.69) is 15.3 Å². The van der Waals surface area contributed by atoms with Crippen LogP contribution >= 0.6 is 0 Å². The second-order valence-corrected chi connectivity index (χ2v) is 4.51. The van der Waals surface area contributed by atoms with Crippen LogP contribution in [0.5, 0.6) is 5.75 Å². The number of nitrogens with one attached hydrogen (secondary N) is 1. The molecular weight excluding hydrogens is 302 g/mol. The van der Waals surface area contributed by atoms with Gasteiger partial charge in [-0.2, -0.15) is 0 Å². The van der Waals surface area contributed by atoms with Crippen molar-refractivity contribution in [3.05, 3.63) is 53.0 Å². The Morgan fingerprint density at radius 2 is 2.00 bits per heavy atom. The summed E-state index contributed by atoms with van der Waals surface area (Å²) in [5.74, 6) is 0.794. The number of nitrogens with zero attached hydrogens (tertiary/aromatic N) is 4. The normalized spacial score (nSPS) is 10.5. The largest absolute Gasteiger partial charge is 0.425 e. The molecule has 1 N–H and O–H groups in total. The van der Waals surface area contributed by atoms with Gasteiger partial charge in [-0.05, 0) is 18.2 Å². The first-order chi connectivity index (χ1) is 11.1. The molecule has 0 aliphatic rings. The second-order valence-electron chi connectivity index (χ2n) is 4.51. The van der Waals surface area contributed by atoms with Gasteiger partial charge in [0.1, 0.15) is 17.9 Å². The molecule has 116 valence electrons. The summed E-state index contributed by atoms with van der Waals surface area (Å²) in [5.41, 5.74) is 0.318. The fraction of sp³-hybridized carbons (Fsp3) is 0.0714. The highest BCUT2D eigenvalue weighted by Gasteiger charge is 2.15. The molecule has 2 aromatic heterocycles.